The second kappa shape index (κ2) is 5.81. The molecule has 0 aliphatic carbocycles. The highest BCUT2D eigenvalue weighted by Crippen LogP contribution is 2.42. The van der Waals surface area contributed by atoms with Crippen molar-refractivity contribution in [3.63, 3.8) is 0 Å². The zero-order chi connectivity index (χ0) is 13.1. The predicted octanol–water partition coefficient (Wildman–Crippen LogP) is 3.56. The van der Waals surface area contributed by atoms with Crippen molar-refractivity contribution >= 4 is 11.6 Å². The van der Waals surface area contributed by atoms with Gasteiger partial charge in [0.2, 0.25) is 0 Å². The molecule has 4 heteroatoms. The lowest BCUT2D eigenvalue weighted by Gasteiger charge is -2.22. The lowest BCUT2D eigenvalue weighted by Crippen LogP contribution is -2.17. The smallest absolute Gasteiger partial charge is 0.167 e. The molecule has 2 rings (SSSR count). The van der Waals surface area contributed by atoms with Crippen LogP contribution in [-0.2, 0) is 0 Å². The minimum atomic E-state index is 0.0949. The van der Waals surface area contributed by atoms with E-state index in [-0.39, 0.29) is 12.1 Å². The van der Waals surface area contributed by atoms with Crippen LogP contribution in [0.3, 0.4) is 0 Å². The molecule has 3 nitrogen and oxygen atoms in total. The molecule has 0 saturated carbocycles. The Labute approximate surface area is 113 Å². The Kier molecular flexibility index (Phi) is 4.36. The maximum Gasteiger partial charge on any atom is 0.167 e. The average Bonchev–Trinajstić information content (AvgIpc) is 2.82. The van der Waals surface area contributed by atoms with Crippen LogP contribution in [0.25, 0.3) is 0 Å². The van der Waals surface area contributed by atoms with Crippen molar-refractivity contribution in [3.8, 4) is 11.5 Å². The van der Waals surface area contributed by atoms with Gasteiger partial charge in [-0.2, -0.15) is 0 Å². The molecule has 0 spiro atoms. The van der Waals surface area contributed by atoms with E-state index >= 15 is 0 Å². The van der Waals surface area contributed by atoms with Gasteiger partial charge in [-0.25, -0.2) is 0 Å². The van der Waals surface area contributed by atoms with Crippen LogP contribution in [0.2, 0.25) is 5.02 Å². The first-order chi connectivity index (χ1) is 8.63. The summed E-state index contributed by atoms with van der Waals surface area (Å²) in [5.74, 6) is 1.52. The highest BCUT2D eigenvalue weighted by Gasteiger charge is 2.25. The predicted molar refractivity (Wildman–Crippen MR) is 73.7 cm³/mol. The summed E-state index contributed by atoms with van der Waals surface area (Å²) in [7, 11) is 1.66. The normalized spacial score (nSPS) is 19.3. The van der Waals surface area contributed by atoms with Gasteiger partial charge in [0, 0.05) is 16.6 Å². The van der Waals surface area contributed by atoms with Crippen molar-refractivity contribution < 1.29 is 9.47 Å². The molecule has 1 fully saturated rings. The monoisotopic (exact) mass is 269 g/mol. The van der Waals surface area contributed by atoms with Crippen molar-refractivity contribution in [1.82, 2.24) is 5.32 Å². The summed E-state index contributed by atoms with van der Waals surface area (Å²) in [5.41, 5.74) is 1.03. The van der Waals surface area contributed by atoms with E-state index in [1.807, 2.05) is 26.0 Å². The van der Waals surface area contributed by atoms with Gasteiger partial charge in [-0.15, -0.1) is 0 Å². The summed E-state index contributed by atoms with van der Waals surface area (Å²) in [6.07, 6.45) is 2.35. The van der Waals surface area contributed by atoms with Crippen molar-refractivity contribution in [3.05, 3.63) is 22.7 Å². The highest BCUT2D eigenvalue weighted by molar-refractivity contribution is 6.31. The Hall–Kier alpha value is -0.930. The number of rotatable bonds is 4. The number of hydrogen-bond donors (Lipinski definition) is 1. The standard InChI is InChI=1S/C14H20ClNO2/c1-9(2)18-14-12(17-3)7-6-10(15)13(14)11-5-4-8-16-11/h6-7,9,11,16H,4-5,8H2,1-3H3. The second-order valence-electron chi connectivity index (χ2n) is 4.81. The van der Waals surface area contributed by atoms with E-state index < -0.39 is 0 Å². The average molecular weight is 270 g/mol. The molecule has 1 heterocycles. The van der Waals surface area contributed by atoms with Gasteiger partial charge in [0.15, 0.2) is 11.5 Å². The van der Waals surface area contributed by atoms with E-state index in [0.29, 0.717) is 0 Å². The zero-order valence-corrected chi connectivity index (χ0v) is 11.9. The van der Waals surface area contributed by atoms with Crippen LogP contribution in [-0.4, -0.2) is 19.8 Å². The molecular formula is C14H20ClNO2. The van der Waals surface area contributed by atoms with Crippen LogP contribution in [0.5, 0.6) is 11.5 Å². The molecule has 1 aromatic carbocycles. The molecule has 0 amide bonds. The van der Waals surface area contributed by atoms with E-state index in [1.165, 1.54) is 6.42 Å². The van der Waals surface area contributed by atoms with Crippen LogP contribution in [0.1, 0.15) is 38.3 Å². The van der Waals surface area contributed by atoms with Crippen LogP contribution >= 0.6 is 11.6 Å². The first-order valence-electron chi connectivity index (χ1n) is 6.40. The largest absolute Gasteiger partial charge is 0.493 e. The van der Waals surface area contributed by atoms with E-state index in [4.69, 9.17) is 21.1 Å². The van der Waals surface area contributed by atoms with E-state index in [1.54, 1.807) is 7.11 Å². The van der Waals surface area contributed by atoms with E-state index in [0.717, 1.165) is 35.1 Å². The van der Waals surface area contributed by atoms with Crippen LogP contribution in [0.4, 0.5) is 0 Å². The molecule has 0 aromatic heterocycles. The quantitative estimate of drug-likeness (QED) is 0.907. The summed E-state index contributed by atoms with van der Waals surface area (Å²) in [6.45, 7) is 5.04. The summed E-state index contributed by atoms with van der Waals surface area (Å²) in [6, 6.07) is 4.00. The molecule has 1 aliphatic rings. The molecule has 1 saturated heterocycles. The molecule has 100 valence electrons. The molecule has 0 bridgehead atoms. The maximum absolute atomic E-state index is 6.35. The highest BCUT2D eigenvalue weighted by atomic mass is 35.5. The summed E-state index contributed by atoms with van der Waals surface area (Å²) < 4.78 is 11.3. The summed E-state index contributed by atoms with van der Waals surface area (Å²) in [5, 5.41) is 4.20. The van der Waals surface area contributed by atoms with Crippen LogP contribution in [0, 0.1) is 0 Å². The lowest BCUT2D eigenvalue weighted by molar-refractivity contribution is 0.226. The number of nitrogens with one attached hydrogen (secondary N) is 1. The van der Waals surface area contributed by atoms with Crippen molar-refractivity contribution in [2.45, 2.75) is 38.8 Å². The van der Waals surface area contributed by atoms with E-state index in [9.17, 15) is 0 Å². The Balaban J connectivity index is 2.45. The fourth-order valence-electron chi connectivity index (χ4n) is 2.33. The van der Waals surface area contributed by atoms with Gasteiger partial charge in [-0.05, 0) is 45.4 Å². The molecule has 1 atom stereocenters. The number of hydrogen-bond acceptors (Lipinski definition) is 3. The van der Waals surface area contributed by atoms with Crippen molar-refractivity contribution in [2.75, 3.05) is 13.7 Å². The second-order valence-corrected chi connectivity index (χ2v) is 5.22. The molecule has 1 aliphatic heterocycles. The fourth-order valence-corrected chi connectivity index (χ4v) is 2.61. The number of ether oxygens (including phenoxy) is 2. The molecule has 1 N–H and O–H groups in total. The number of benzene rings is 1. The Bertz CT molecular complexity index is 415. The third-order valence-corrected chi connectivity index (χ3v) is 3.42. The Morgan fingerprint density at radius 1 is 1.39 bits per heavy atom. The first kappa shape index (κ1) is 13.5. The number of halogens is 1. The maximum atomic E-state index is 6.35. The SMILES string of the molecule is COc1ccc(Cl)c(C2CCCN2)c1OC(C)C. The van der Waals surface area contributed by atoms with Crippen molar-refractivity contribution in [2.24, 2.45) is 0 Å². The molecule has 0 radical (unpaired) electrons. The van der Waals surface area contributed by atoms with Gasteiger partial charge >= 0.3 is 0 Å². The topological polar surface area (TPSA) is 30.5 Å². The molecule has 18 heavy (non-hydrogen) atoms. The van der Waals surface area contributed by atoms with Gasteiger partial charge in [0.1, 0.15) is 0 Å². The third kappa shape index (κ3) is 2.73. The van der Waals surface area contributed by atoms with Gasteiger partial charge in [0.25, 0.3) is 0 Å². The molecule has 1 aromatic rings. The zero-order valence-electron chi connectivity index (χ0n) is 11.1. The third-order valence-electron chi connectivity index (χ3n) is 3.09. The number of methoxy groups -OCH3 is 1. The van der Waals surface area contributed by atoms with Gasteiger partial charge < -0.3 is 14.8 Å². The Morgan fingerprint density at radius 2 is 2.17 bits per heavy atom. The molecule has 1 unspecified atom stereocenters. The van der Waals surface area contributed by atoms with Crippen LogP contribution in [0.15, 0.2) is 12.1 Å². The van der Waals surface area contributed by atoms with E-state index in [2.05, 4.69) is 5.32 Å². The lowest BCUT2D eigenvalue weighted by atomic mass is 10.0. The van der Waals surface area contributed by atoms with Crippen LogP contribution < -0.4 is 14.8 Å². The fraction of sp³-hybridized carbons (Fsp3) is 0.571. The minimum Gasteiger partial charge on any atom is -0.493 e. The van der Waals surface area contributed by atoms with Gasteiger partial charge in [0.05, 0.1) is 13.2 Å². The van der Waals surface area contributed by atoms with Crippen molar-refractivity contribution in [1.29, 1.82) is 0 Å². The Morgan fingerprint density at radius 3 is 2.72 bits per heavy atom. The van der Waals surface area contributed by atoms with Gasteiger partial charge in [-0.3, -0.25) is 0 Å². The molecular weight excluding hydrogens is 250 g/mol. The minimum absolute atomic E-state index is 0.0949. The summed E-state index contributed by atoms with van der Waals surface area (Å²) in [4.78, 5) is 0. The summed E-state index contributed by atoms with van der Waals surface area (Å²) >= 11 is 6.35. The van der Waals surface area contributed by atoms with Gasteiger partial charge in [-0.1, -0.05) is 11.6 Å². The first-order valence-corrected chi connectivity index (χ1v) is 6.77.